The molecule has 1 amide bonds. The molecule has 168 valence electrons. The minimum absolute atomic E-state index is 0.0306. The highest BCUT2D eigenvalue weighted by Gasteiger charge is 2.26. The molecule has 0 radical (unpaired) electrons. The monoisotopic (exact) mass is 449 g/mol. The molecule has 1 N–H and O–H groups in total. The molecule has 0 unspecified atom stereocenters. The fraction of sp³-hybridized carbons (Fsp3) is 0.409. The number of morpholine rings is 1. The Morgan fingerprint density at radius 3 is 2.45 bits per heavy atom. The SMILES string of the molecule is CCN(CC)S(=O)(=O)c1ccc(N2CCOCC2)c(C(=O)Nc2cc(C)ccc2F)c1. The van der Waals surface area contributed by atoms with Crippen LogP contribution in [0.2, 0.25) is 0 Å². The van der Waals surface area contributed by atoms with Crippen LogP contribution in [-0.2, 0) is 14.8 Å². The Kier molecular flexibility index (Phi) is 7.30. The number of carbonyl (C=O) groups excluding carboxylic acids is 1. The number of ether oxygens (including phenoxy) is 1. The van der Waals surface area contributed by atoms with E-state index < -0.39 is 21.7 Å². The Bertz CT molecular complexity index is 1050. The van der Waals surface area contributed by atoms with E-state index in [0.717, 1.165) is 5.56 Å². The molecular weight excluding hydrogens is 421 g/mol. The number of nitrogens with zero attached hydrogens (tertiary/aromatic N) is 2. The third kappa shape index (κ3) is 5.06. The molecule has 3 rings (SSSR count). The van der Waals surface area contributed by atoms with E-state index in [0.29, 0.717) is 45.1 Å². The van der Waals surface area contributed by atoms with Gasteiger partial charge in [0.25, 0.3) is 5.91 Å². The fourth-order valence-electron chi connectivity index (χ4n) is 3.57. The third-order valence-corrected chi connectivity index (χ3v) is 7.32. The molecule has 0 aliphatic carbocycles. The van der Waals surface area contributed by atoms with Gasteiger partial charge in [-0.15, -0.1) is 0 Å². The van der Waals surface area contributed by atoms with Gasteiger partial charge in [-0.2, -0.15) is 4.31 Å². The summed E-state index contributed by atoms with van der Waals surface area (Å²) in [4.78, 5) is 15.2. The minimum atomic E-state index is -3.76. The predicted octanol–water partition coefficient (Wildman–Crippen LogP) is 3.25. The third-order valence-electron chi connectivity index (χ3n) is 5.28. The van der Waals surface area contributed by atoms with Crippen LogP contribution >= 0.6 is 0 Å². The molecule has 0 spiro atoms. The summed E-state index contributed by atoms with van der Waals surface area (Å²) in [7, 11) is -3.76. The van der Waals surface area contributed by atoms with Gasteiger partial charge in [-0.05, 0) is 42.8 Å². The van der Waals surface area contributed by atoms with Crippen molar-refractivity contribution in [2.45, 2.75) is 25.7 Å². The van der Waals surface area contributed by atoms with Gasteiger partial charge in [-0.3, -0.25) is 4.79 Å². The van der Waals surface area contributed by atoms with Crippen molar-refractivity contribution in [2.24, 2.45) is 0 Å². The van der Waals surface area contributed by atoms with Crippen LogP contribution in [-0.4, -0.2) is 58.0 Å². The summed E-state index contributed by atoms with van der Waals surface area (Å²) in [5.74, 6) is -1.12. The maximum absolute atomic E-state index is 14.2. The lowest BCUT2D eigenvalue weighted by Gasteiger charge is -2.30. The van der Waals surface area contributed by atoms with E-state index in [2.05, 4.69) is 5.32 Å². The molecular formula is C22H28FN3O4S. The van der Waals surface area contributed by atoms with E-state index in [1.165, 1.54) is 28.6 Å². The molecule has 1 heterocycles. The molecule has 2 aromatic rings. The summed E-state index contributed by atoms with van der Waals surface area (Å²) in [6, 6.07) is 8.97. The van der Waals surface area contributed by atoms with Crippen LogP contribution in [0.4, 0.5) is 15.8 Å². The second-order valence-electron chi connectivity index (χ2n) is 7.31. The average Bonchev–Trinajstić information content (AvgIpc) is 2.77. The van der Waals surface area contributed by atoms with Gasteiger partial charge in [0, 0.05) is 31.9 Å². The highest BCUT2D eigenvalue weighted by molar-refractivity contribution is 7.89. The zero-order chi connectivity index (χ0) is 22.6. The Balaban J connectivity index is 2.05. The van der Waals surface area contributed by atoms with Gasteiger partial charge >= 0.3 is 0 Å². The summed E-state index contributed by atoms with van der Waals surface area (Å²) in [5, 5.41) is 2.60. The first-order valence-electron chi connectivity index (χ1n) is 10.3. The van der Waals surface area contributed by atoms with E-state index in [1.54, 1.807) is 32.9 Å². The molecule has 1 aliphatic rings. The van der Waals surface area contributed by atoms with Gasteiger partial charge in [-0.25, -0.2) is 12.8 Å². The molecule has 0 saturated carbocycles. The molecule has 1 aliphatic heterocycles. The van der Waals surface area contributed by atoms with Crippen molar-refractivity contribution in [1.82, 2.24) is 4.31 Å². The summed E-state index contributed by atoms with van der Waals surface area (Å²) in [5.41, 5.74) is 1.61. The van der Waals surface area contributed by atoms with E-state index in [9.17, 15) is 17.6 Å². The normalized spacial score (nSPS) is 14.7. The summed E-state index contributed by atoms with van der Waals surface area (Å²) < 4.78 is 47.0. The van der Waals surface area contributed by atoms with E-state index in [4.69, 9.17) is 4.74 Å². The predicted molar refractivity (Wildman–Crippen MR) is 119 cm³/mol. The molecule has 0 atom stereocenters. The lowest BCUT2D eigenvalue weighted by atomic mass is 10.1. The van der Waals surface area contributed by atoms with Crippen molar-refractivity contribution >= 4 is 27.3 Å². The van der Waals surface area contributed by atoms with Crippen LogP contribution in [0.3, 0.4) is 0 Å². The van der Waals surface area contributed by atoms with Gasteiger partial charge < -0.3 is 15.0 Å². The quantitative estimate of drug-likeness (QED) is 0.702. The molecule has 31 heavy (non-hydrogen) atoms. The standard InChI is InChI=1S/C22H28FN3O4S/c1-4-26(5-2)31(28,29)17-7-9-21(25-10-12-30-13-11-25)18(15-17)22(27)24-20-14-16(3)6-8-19(20)23/h6-9,14-15H,4-5,10-13H2,1-3H3,(H,24,27). The lowest BCUT2D eigenvalue weighted by Crippen LogP contribution is -2.37. The van der Waals surface area contributed by atoms with E-state index >= 15 is 0 Å². The van der Waals surface area contributed by atoms with Crippen LogP contribution < -0.4 is 10.2 Å². The Morgan fingerprint density at radius 2 is 1.81 bits per heavy atom. The Morgan fingerprint density at radius 1 is 1.13 bits per heavy atom. The van der Waals surface area contributed by atoms with Crippen LogP contribution in [0, 0.1) is 12.7 Å². The van der Waals surface area contributed by atoms with Crippen molar-refractivity contribution in [1.29, 1.82) is 0 Å². The molecule has 0 bridgehead atoms. The van der Waals surface area contributed by atoms with Crippen molar-refractivity contribution in [3.05, 3.63) is 53.3 Å². The molecule has 1 fully saturated rings. The van der Waals surface area contributed by atoms with Crippen molar-refractivity contribution in [2.75, 3.05) is 49.6 Å². The number of carbonyl (C=O) groups is 1. The van der Waals surface area contributed by atoms with Gasteiger partial charge in [0.2, 0.25) is 10.0 Å². The number of rotatable bonds is 7. The molecule has 1 saturated heterocycles. The second kappa shape index (κ2) is 9.76. The zero-order valence-electron chi connectivity index (χ0n) is 18.0. The number of hydrogen-bond acceptors (Lipinski definition) is 5. The summed E-state index contributed by atoms with van der Waals surface area (Å²) >= 11 is 0. The number of hydrogen-bond donors (Lipinski definition) is 1. The topological polar surface area (TPSA) is 79.0 Å². The van der Waals surface area contributed by atoms with Crippen molar-refractivity contribution in [3.63, 3.8) is 0 Å². The number of amides is 1. The molecule has 7 nitrogen and oxygen atoms in total. The van der Waals surface area contributed by atoms with Gasteiger partial charge in [0.15, 0.2) is 0 Å². The smallest absolute Gasteiger partial charge is 0.257 e. The first-order chi connectivity index (χ1) is 14.8. The van der Waals surface area contributed by atoms with E-state index in [-0.39, 0.29) is 16.1 Å². The Labute approximate surface area is 182 Å². The fourth-order valence-corrected chi connectivity index (χ4v) is 5.06. The lowest BCUT2D eigenvalue weighted by molar-refractivity contribution is 0.102. The highest BCUT2D eigenvalue weighted by atomic mass is 32.2. The van der Waals surface area contributed by atoms with Gasteiger partial charge in [0.1, 0.15) is 5.82 Å². The number of sulfonamides is 1. The highest BCUT2D eigenvalue weighted by Crippen LogP contribution is 2.28. The largest absolute Gasteiger partial charge is 0.378 e. The van der Waals surface area contributed by atoms with Crippen molar-refractivity contribution < 1.29 is 22.3 Å². The number of aryl methyl sites for hydroxylation is 1. The average molecular weight is 450 g/mol. The van der Waals surface area contributed by atoms with Crippen LogP contribution in [0.1, 0.15) is 29.8 Å². The van der Waals surface area contributed by atoms with Crippen LogP contribution in [0.5, 0.6) is 0 Å². The Hall–Kier alpha value is -2.49. The maximum atomic E-state index is 14.2. The first-order valence-corrected chi connectivity index (χ1v) is 11.8. The number of benzene rings is 2. The first kappa shape index (κ1) is 23.2. The molecule has 0 aromatic heterocycles. The van der Waals surface area contributed by atoms with Crippen molar-refractivity contribution in [3.8, 4) is 0 Å². The van der Waals surface area contributed by atoms with Crippen LogP contribution in [0.25, 0.3) is 0 Å². The second-order valence-corrected chi connectivity index (χ2v) is 9.24. The molecule has 9 heteroatoms. The van der Waals surface area contributed by atoms with E-state index in [1.807, 2.05) is 4.90 Å². The summed E-state index contributed by atoms with van der Waals surface area (Å²) in [6.07, 6.45) is 0. The minimum Gasteiger partial charge on any atom is -0.378 e. The van der Waals surface area contributed by atoms with Gasteiger partial charge in [-0.1, -0.05) is 19.9 Å². The zero-order valence-corrected chi connectivity index (χ0v) is 18.8. The van der Waals surface area contributed by atoms with Crippen LogP contribution in [0.15, 0.2) is 41.3 Å². The number of halogens is 1. The number of anilines is 2. The molecule has 2 aromatic carbocycles. The van der Waals surface area contributed by atoms with Gasteiger partial charge in [0.05, 0.1) is 29.4 Å². The number of nitrogens with one attached hydrogen (secondary N) is 1. The summed E-state index contributed by atoms with van der Waals surface area (Å²) in [6.45, 7) is 8.11. The maximum Gasteiger partial charge on any atom is 0.257 e.